The van der Waals surface area contributed by atoms with Gasteiger partial charge in [-0.3, -0.25) is 14.4 Å². The third-order valence-corrected chi connectivity index (χ3v) is 10.6. The monoisotopic (exact) mass is 651 g/mol. The molecule has 1 unspecified atom stereocenters. The van der Waals surface area contributed by atoms with Crippen LogP contribution in [0, 0.1) is 11.3 Å². The van der Waals surface area contributed by atoms with Gasteiger partial charge in [-0.1, -0.05) is 31.4 Å². The van der Waals surface area contributed by atoms with Crippen molar-refractivity contribution in [3.63, 3.8) is 0 Å². The van der Waals surface area contributed by atoms with Gasteiger partial charge in [-0.2, -0.15) is 5.26 Å². The van der Waals surface area contributed by atoms with E-state index >= 15 is 0 Å². The first-order valence-corrected chi connectivity index (χ1v) is 17.0. The molecule has 3 aromatic rings. The second kappa shape index (κ2) is 13.5. The molecule has 1 atom stereocenters. The van der Waals surface area contributed by atoms with Crippen LogP contribution < -0.4 is 5.32 Å². The zero-order valence-electron chi connectivity index (χ0n) is 28.4. The summed E-state index contributed by atoms with van der Waals surface area (Å²) >= 11 is 0. The molecule has 1 saturated carbocycles. The molecule has 2 N–H and O–H groups in total. The molecule has 2 heterocycles. The molecule has 12 heteroatoms. The Labute approximate surface area is 281 Å². The second-order valence-corrected chi connectivity index (χ2v) is 14.0. The number of carbonyl (C=O) groups is 3. The molecule has 12 nitrogen and oxygen atoms in total. The molecule has 0 bridgehead atoms. The number of aromatic amines is 1. The molecule has 2 aromatic carbocycles. The van der Waals surface area contributed by atoms with E-state index in [4.69, 9.17) is 0 Å². The van der Waals surface area contributed by atoms with Crippen molar-refractivity contribution < 1.29 is 14.4 Å². The predicted octanol–water partition coefficient (Wildman–Crippen LogP) is 3.23. The molecule has 2 aliphatic carbocycles. The van der Waals surface area contributed by atoms with Crippen molar-refractivity contribution in [2.45, 2.75) is 81.2 Å². The van der Waals surface area contributed by atoms with Crippen molar-refractivity contribution in [2.75, 3.05) is 41.3 Å². The minimum atomic E-state index is -0.889. The molecule has 0 radical (unpaired) electrons. The average molecular weight is 652 g/mol. The zero-order valence-corrected chi connectivity index (χ0v) is 28.4. The number of rotatable bonds is 8. The van der Waals surface area contributed by atoms with Crippen LogP contribution in [0.1, 0.15) is 100 Å². The Balaban J connectivity index is 1.52. The van der Waals surface area contributed by atoms with Gasteiger partial charge in [-0.25, -0.2) is 5.10 Å². The first-order valence-electron chi connectivity index (χ1n) is 17.0. The highest BCUT2D eigenvalue weighted by Gasteiger charge is 2.50. The molecular formula is C36H45N9O3. The molecule has 3 aliphatic rings. The first kappa shape index (κ1) is 33.3. The van der Waals surface area contributed by atoms with Crippen LogP contribution in [0.4, 0.5) is 0 Å². The number of nitrogens with one attached hydrogen (secondary N) is 2. The Kier molecular flexibility index (Phi) is 9.34. The summed E-state index contributed by atoms with van der Waals surface area (Å²) in [4.78, 5) is 44.8. The van der Waals surface area contributed by atoms with E-state index in [9.17, 15) is 19.6 Å². The van der Waals surface area contributed by atoms with Crippen LogP contribution in [0.5, 0.6) is 0 Å². The maximum atomic E-state index is 13.6. The molecule has 2 fully saturated rings. The molecular weight excluding hydrogens is 606 g/mol. The highest BCUT2D eigenvalue weighted by molar-refractivity contribution is 5.95. The van der Waals surface area contributed by atoms with Crippen molar-refractivity contribution in [3.05, 3.63) is 75.6 Å². The standard InChI is InChI=1S/C36H45N9O3/c1-43(2)32(47)26-12-14-29-24(19-26)10-11-25-20-27(33(48)44(3)4)13-15-30(25)36(29,34-39-41-42-40-34)23-35(16-6-5-7-17-35)38-22-31(46)45-18-8-9-28(45)21-37/h12-15,19-20,28,38H,5-11,16-18,22-23H2,1-4H3,(H,39,40,41,42). The van der Waals surface area contributed by atoms with Gasteiger partial charge < -0.3 is 20.0 Å². The number of nitriles is 1. The number of carbonyl (C=O) groups excluding carboxylic acids is 3. The molecule has 6 rings (SSSR count). The van der Waals surface area contributed by atoms with Gasteiger partial charge in [0, 0.05) is 51.4 Å². The fourth-order valence-electron chi connectivity index (χ4n) is 8.22. The van der Waals surface area contributed by atoms with Crippen molar-refractivity contribution >= 4 is 17.7 Å². The zero-order chi connectivity index (χ0) is 34.1. The van der Waals surface area contributed by atoms with Gasteiger partial charge in [0.15, 0.2) is 5.82 Å². The van der Waals surface area contributed by atoms with Gasteiger partial charge in [0.05, 0.1) is 18.0 Å². The Morgan fingerprint density at radius 1 is 0.938 bits per heavy atom. The third-order valence-electron chi connectivity index (χ3n) is 10.6. The summed E-state index contributed by atoms with van der Waals surface area (Å²) < 4.78 is 0. The van der Waals surface area contributed by atoms with Gasteiger partial charge in [-0.05, 0) is 102 Å². The number of aryl methyl sites for hydroxylation is 2. The van der Waals surface area contributed by atoms with Crippen molar-refractivity contribution in [3.8, 4) is 6.07 Å². The molecule has 1 aromatic heterocycles. The van der Waals surface area contributed by atoms with E-state index in [1.165, 1.54) is 0 Å². The Hall–Kier alpha value is -4.63. The van der Waals surface area contributed by atoms with Crippen LogP contribution in [-0.4, -0.2) is 106 Å². The fourth-order valence-corrected chi connectivity index (χ4v) is 8.22. The van der Waals surface area contributed by atoms with E-state index < -0.39 is 11.0 Å². The lowest BCUT2D eigenvalue weighted by molar-refractivity contribution is -0.130. The van der Waals surface area contributed by atoms with Crippen LogP contribution in [-0.2, 0) is 23.1 Å². The van der Waals surface area contributed by atoms with Gasteiger partial charge in [0.25, 0.3) is 11.8 Å². The lowest BCUT2D eigenvalue weighted by Crippen LogP contribution is -2.55. The molecule has 1 saturated heterocycles. The lowest BCUT2D eigenvalue weighted by Gasteiger charge is -2.46. The van der Waals surface area contributed by atoms with Crippen LogP contribution in [0.25, 0.3) is 0 Å². The number of amides is 3. The number of aromatic nitrogens is 4. The van der Waals surface area contributed by atoms with Gasteiger partial charge in [0.1, 0.15) is 6.04 Å². The van der Waals surface area contributed by atoms with E-state index in [-0.39, 0.29) is 30.3 Å². The maximum absolute atomic E-state index is 13.6. The quantitative estimate of drug-likeness (QED) is 0.377. The van der Waals surface area contributed by atoms with E-state index in [1.807, 2.05) is 36.4 Å². The number of fused-ring (bicyclic) bond motifs is 2. The highest BCUT2D eigenvalue weighted by atomic mass is 16.2. The number of benzene rings is 2. The van der Waals surface area contributed by atoms with Crippen LogP contribution in [0.2, 0.25) is 0 Å². The second-order valence-electron chi connectivity index (χ2n) is 14.0. The number of H-pyrrole nitrogens is 1. The number of hydrogen-bond acceptors (Lipinski definition) is 8. The van der Waals surface area contributed by atoms with Gasteiger partial charge in [0.2, 0.25) is 5.91 Å². The summed E-state index contributed by atoms with van der Waals surface area (Å²) in [6, 6.07) is 13.8. The van der Waals surface area contributed by atoms with E-state index in [2.05, 4.69) is 32.0 Å². The van der Waals surface area contributed by atoms with Crippen LogP contribution >= 0.6 is 0 Å². The smallest absolute Gasteiger partial charge is 0.253 e. The highest BCUT2D eigenvalue weighted by Crippen LogP contribution is 2.51. The predicted molar refractivity (Wildman–Crippen MR) is 179 cm³/mol. The number of nitrogens with zero attached hydrogens (tertiary/aromatic N) is 7. The third kappa shape index (κ3) is 6.07. The van der Waals surface area contributed by atoms with Gasteiger partial charge in [-0.15, -0.1) is 5.10 Å². The normalized spacial score (nSPS) is 19.4. The maximum Gasteiger partial charge on any atom is 0.253 e. The molecule has 1 aliphatic heterocycles. The summed E-state index contributed by atoms with van der Waals surface area (Å²) in [6.45, 7) is 0.733. The Morgan fingerprint density at radius 2 is 1.54 bits per heavy atom. The summed E-state index contributed by atoms with van der Waals surface area (Å²) in [5.41, 5.74) is 3.90. The van der Waals surface area contributed by atoms with E-state index in [1.54, 1.807) is 42.9 Å². The Bertz CT molecular complexity index is 1650. The van der Waals surface area contributed by atoms with E-state index in [0.717, 1.165) is 60.8 Å². The summed E-state index contributed by atoms with van der Waals surface area (Å²) in [6.07, 6.45) is 8.22. The van der Waals surface area contributed by atoms with Crippen LogP contribution in [0.15, 0.2) is 36.4 Å². The van der Waals surface area contributed by atoms with Crippen molar-refractivity contribution in [2.24, 2.45) is 0 Å². The summed E-state index contributed by atoms with van der Waals surface area (Å²) in [5, 5.41) is 29.3. The van der Waals surface area contributed by atoms with Crippen molar-refractivity contribution in [1.29, 1.82) is 5.26 Å². The largest absolute Gasteiger partial charge is 0.345 e. The van der Waals surface area contributed by atoms with Crippen molar-refractivity contribution in [1.82, 2.24) is 40.6 Å². The fraction of sp³-hybridized carbons (Fsp3) is 0.528. The topological polar surface area (TPSA) is 151 Å². The molecule has 252 valence electrons. The minimum Gasteiger partial charge on any atom is -0.345 e. The summed E-state index contributed by atoms with van der Waals surface area (Å²) in [7, 11) is 6.99. The minimum absolute atomic E-state index is 0.0558. The number of hydrogen-bond donors (Lipinski definition) is 2. The average Bonchev–Trinajstić information content (AvgIpc) is 3.80. The summed E-state index contributed by atoms with van der Waals surface area (Å²) in [5.74, 6) is 0.367. The molecule has 0 spiro atoms. The first-order chi connectivity index (χ1) is 23.1. The Morgan fingerprint density at radius 3 is 2.06 bits per heavy atom. The SMILES string of the molecule is CN(C)C(=O)c1ccc2c(c1)CCc1cc(C(=O)N(C)C)ccc1C2(CC1(NCC(=O)N2CCCC2C#N)CCCCC1)c1nnn[nH]1. The number of tetrazole rings is 1. The van der Waals surface area contributed by atoms with Gasteiger partial charge >= 0.3 is 0 Å². The number of likely N-dealkylation sites (tertiary alicyclic amines) is 1. The molecule has 48 heavy (non-hydrogen) atoms. The molecule has 3 amide bonds. The van der Waals surface area contributed by atoms with Crippen LogP contribution in [0.3, 0.4) is 0 Å². The van der Waals surface area contributed by atoms with E-state index in [0.29, 0.717) is 49.2 Å². The lowest BCUT2D eigenvalue weighted by atomic mass is 9.62.